The fraction of sp³-hybridized carbons (Fsp3) is 0.429. The van der Waals surface area contributed by atoms with Crippen LogP contribution in [0.3, 0.4) is 0 Å². The van der Waals surface area contributed by atoms with Gasteiger partial charge in [0.2, 0.25) is 5.91 Å². The van der Waals surface area contributed by atoms with Crippen molar-refractivity contribution in [2.75, 3.05) is 0 Å². The molecule has 1 aromatic heterocycles. The van der Waals surface area contributed by atoms with Crippen LogP contribution in [0.5, 0.6) is 0 Å². The average Bonchev–Trinajstić information content (AvgIpc) is 2.64. The van der Waals surface area contributed by atoms with Crippen LogP contribution in [0.1, 0.15) is 20.8 Å². The zero-order valence-corrected chi connectivity index (χ0v) is 12.4. The van der Waals surface area contributed by atoms with E-state index in [4.69, 9.17) is 16.0 Å². The number of oxazole rings is 1. The second-order valence-corrected chi connectivity index (χ2v) is 5.60. The Hall–Kier alpha value is -1.75. The van der Waals surface area contributed by atoms with Gasteiger partial charge in [0, 0.05) is 17.1 Å². The molecule has 108 valence electrons. The summed E-state index contributed by atoms with van der Waals surface area (Å²) in [5.41, 5.74) is 0.943. The maximum Gasteiger partial charge on any atom is 0.420 e. The Bertz CT molecular complexity index is 687. The molecule has 2 aromatic rings. The Kier molecular flexibility index (Phi) is 4.18. The van der Waals surface area contributed by atoms with Crippen molar-refractivity contribution in [2.24, 2.45) is 5.92 Å². The van der Waals surface area contributed by atoms with E-state index in [1.54, 1.807) is 18.2 Å². The van der Waals surface area contributed by atoms with E-state index >= 15 is 0 Å². The zero-order valence-electron chi connectivity index (χ0n) is 11.6. The van der Waals surface area contributed by atoms with Crippen LogP contribution in [0.2, 0.25) is 5.02 Å². The maximum absolute atomic E-state index is 11.9. The summed E-state index contributed by atoms with van der Waals surface area (Å²) in [6.45, 7) is 5.90. The highest BCUT2D eigenvalue weighted by Crippen LogP contribution is 2.18. The van der Waals surface area contributed by atoms with Crippen molar-refractivity contribution < 1.29 is 9.21 Å². The van der Waals surface area contributed by atoms with E-state index in [1.165, 1.54) is 4.57 Å². The maximum atomic E-state index is 11.9. The molecule has 6 heteroatoms. The molecule has 1 aromatic carbocycles. The molecule has 0 bridgehead atoms. The number of carbonyl (C=O) groups excluding carboxylic acids is 1. The summed E-state index contributed by atoms with van der Waals surface area (Å²) in [6.07, 6.45) is 0. The summed E-state index contributed by atoms with van der Waals surface area (Å²) >= 11 is 5.84. The fourth-order valence-corrected chi connectivity index (χ4v) is 1.96. The SMILES string of the molecule is CC(C)[C@H](C)NC(=O)Cn1c(=O)oc2cc(Cl)ccc21. The third kappa shape index (κ3) is 3.04. The molecule has 1 amide bonds. The van der Waals surface area contributed by atoms with Gasteiger partial charge in [0.25, 0.3) is 0 Å². The van der Waals surface area contributed by atoms with E-state index in [9.17, 15) is 9.59 Å². The number of nitrogens with one attached hydrogen (secondary N) is 1. The van der Waals surface area contributed by atoms with Gasteiger partial charge in [-0.3, -0.25) is 9.36 Å². The third-order valence-corrected chi connectivity index (χ3v) is 3.56. The van der Waals surface area contributed by atoms with Gasteiger partial charge in [0.15, 0.2) is 5.58 Å². The summed E-state index contributed by atoms with van der Waals surface area (Å²) in [5.74, 6) is -0.448. The predicted octanol–water partition coefficient (Wildman–Crippen LogP) is 2.41. The number of aromatic nitrogens is 1. The van der Waals surface area contributed by atoms with E-state index in [0.717, 1.165) is 0 Å². The van der Waals surface area contributed by atoms with Gasteiger partial charge in [0.05, 0.1) is 5.52 Å². The van der Waals surface area contributed by atoms with Gasteiger partial charge in [-0.05, 0) is 25.0 Å². The lowest BCUT2D eigenvalue weighted by Gasteiger charge is -2.17. The highest BCUT2D eigenvalue weighted by molar-refractivity contribution is 6.31. The molecule has 0 spiro atoms. The van der Waals surface area contributed by atoms with Crippen molar-refractivity contribution in [2.45, 2.75) is 33.4 Å². The second kappa shape index (κ2) is 5.71. The van der Waals surface area contributed by atoms with E-state index in [-0.39, 0.29) is 18.5 Å². The summed E-state index contributed by atoms with van der Waals surface area (Å²) in [6, 6.07) is 4.93. The molecule has 0 aliphatic rings. The summed E-state index contributed by atoms with van der Waals surface area (Å²) in [7, 11) is 0. The van der Waals surface area contributed by atoms with E-state index < -0.39 is 5.76 Å². The van der Waals surface area contributed by atoms with Crippen molar-refractivity contribution in [3.8, 4) is 0 Å². The summed E-state index contributed by atoms with van der Waals surface area (Å²) in [5, 5.41) is 3.34. The van der Waals surface area contributed by atoms with Gasteiger partial charge in [-0.2, -0.15) is 0 Å². The van der Waals surface area contributed by atoms with Crippen molar-refractivity contribution in [3.63, 3.8) is 0 Å². The Labute approximate surface area is 121 Å². The molecule has 0 unspecified atom stereocenters. The zero-order chi connectivity index (χ0) is 14.9. The quantitative estimate of drug-likeness (QED) is 0.942. The van der Waals surface area contributed by atoms with Crippen LogP contribution in [0.25, 0.3) is 11.1 Å². The van der Waals surface area contributed by atoms with E-state index in [0.29, 0.717) is 22.0 Å². The minimum atomic E-state index is -0.561. The van der Waals surface area contributed by atoms with Crippen LogP contribution < -0.4 is 11.1 Å². The molecule has 1 heterocycles. The number of hydrogen-bond acceptors (Lipinski definition) is 3. The smallest absolute Gasteiger partial charge is 0.408 e. The van der Waals surface area contributed by atoms with Crippen LogP contribution >= 0.6 is 11.6 Å². The van der Waals surface area contributed by atoms with Crippen molar-refractivity contribution in [3.05, 3.63) is 33.8 Å². The number of halogens is 1. The number of carbonyl (C=O) groups is 1. The molecule has 0 fully saturated rings. The molecule has 2 rings (SSSR count). The first kappa shape index (κ1) is 14.7. The lowest BCUT2D eigenvalue weighted by atomic mass is 10.1. The van der Waals surface area contributed by atoms with Crippen molar-refractivity contribution in [1.82, 2.24) is 9.88 Å². The van der Waals surface area contributed by atoms with Crippen LogP contribution in [0.4, 0.5) is 0 Å². The molecule has 5 nitrogen and oxygen atoms in total. The monoisotopic (exact) mass is 296 g/mol. The Balaban J connectivity index is 2.24. The number of rotatable bonds is 4. The minimum Gasteiger partial charge on any atom is -0.408 e. The topological polar surface area (TPSA) is 64.2 Å². The van der Waals surface area contributed by atoms with Crippen LogP contribution in [-0.2, 0) is 11.3 Å². The lowest BCUT2D eigenvalue weighted by Crippen LogP contribution is -2.39. The van der Waals surface area contributed by atoms with Crippen LogP contribution in [0.15, 0.2) is 27.4 Å². The number of hydrogen-bond donors (Lipinski definition) is 1. The molecule has 0 saturated carbocycles. The molecule has 1 N–H and O–H groups in total. The average molecular weight is 297 g/mol. The first-order valence-corrected chi connectivity index (χ1v) is 6.84. The molecule has 0 aliphatic carbocycles. The Morgan fingerprint density at radius 3 is 2.75 bits per heavy atom. The first-order chi connectivity index (χ1) is 9.38. The van der Waals surface area contributed by atoms with Crippen molar-refractivity contribution >= 4 is 28.6 Å². The first-order valence-electron chi connectivity index (χ1n) is 6.46. The molecular weight excluding hydrogens is 280 g/mol. The standard InChI is InChI=1S/C14H17ClN2O3/c1-8(2)9(3)16-13(18)7-17-11-5-4-10(15)6-12(11)20-14(17)19/h4-6,8-9H,7H2,1-3H3,(H,16,18)/t9-/m0/s1. The van der Waals surface area contributed by atoms with E-state index in [1.807, 2.05) is 20.8 Å². The van der Waals surface area contributed by atoms with E-state index in [2.05, 4.69) is 5.32 Å². The third-order valence-electron chi connectivity index (χ3n) is 3.32. The molecule has 0 saturated heterocycles. The number of amides is 1. The molecule has 0 aliphatic heterocycles. The number of benzene rings is 1. The molecule has 1 atom stereocenters. The molecule has 20 heavy (non-hydrogen) atoms. The van der Waals surface area contributed by atoms with Gasteiger partial charge in [-0.15, -0.1) is 0 Å². The fourth-order valence-electron chi connectivity index (χ4n) is 1.80. The normalized spacial score (nSPS) is 12.8. The number of fused-ring (bicyclic) bond motifs is 1. The minimum absolute atomic E-state index is 0.0470. The second-order valence-electron chi connectivity index (χ2n) is 5.17. The van der Waals surface area contributed by atoms with Gasteiger partial charge in [-0.1, -0.05) is 25.4 Å². The predicted molar refractivity (Wildman–Crippen MR) is 77.9 cm³/mol. The summed E-state index contributed by atoms with van der Waals surface area (Å²) < 4.78 is 6.38. The van der Waals surface area contributed by atoms with Gasteiger partial charge < -0.3 is 9.73 Å². The highest BCUT2D eigenvalue weighted by atomic mass is 35.5. The van der Waals surface area contributed by atoms with Gasteiger partial charge in [0.1, 0.15) is 6.54 Å². The molecular formula is C14H17ClN2O3. The largest absolute Gasteiger partial charge is 0.420 e. The summed E-state index contributed by atoms with van der Waals surface area (Å²) in [4.78, 5) is 23.7. The van der Waals surface area contributed by atoms with Crippen molar-refractivity contribution in [1.29, 1.82) is 0 Å². The van der Waals surface area contributed by atoms with Gasteiger partial charge >= 0.3 is 5.76 Å². The lowest BCUT2D eigenvalue weighted by molar-refractivity contribution is -0.122. The Morgan fingerprint density at radius 1 is 1.40 bits per heavy atom. The molecule has 0 radical (unpaired) electrons. The van der Waals surface area contributed by atoms with Crippen LogP contribution in [-0.4, -0.2) is 16.5 Å². The number of nitrogens with zero attached hydrogens (tertiary/aromatic N) is 1. The van der Waals surface area contributed by atoms with Gasteiger partial charge in [-0.25, -0.2) is 4.79 Å². The highest BCUT2D eigenvalue weighted by Gasteiger charge is 2.15. The van der Waals surface area contributed by atoms with Crippen LogP contribution in [0, 0.1) is 5.92 Å². The Morgan fingerprint density at radius 2 is 2.10 bits per heavy atom.